The zero-order chi connectivity index (χ0) is 13.8. The number of anilines is 1. The summed E-state index contributed by atoms with van der Waals surface area (Å²) in [5, 5.41) is 3.41. The molecule has 0 spiro atoms. The largest absolute Gasteiger partial charge is 0.382 e. The van der Waals surface area contributed by atoms with Gasteiger partial charge in [-0.2, -0.15) is 0 Å². The highest BCUT2D eigenvalue weighted by molar-refractivity contribution is 5.52. The number of nitrogens with one attached hydrogen (secondary N) is 1. The molecule has 20 heavy (non-hydrogen) atoms. The minimum atomic E-state index is -0.197. The molecule has 1 atom stereocenters. The Bertz CT molecular complexity index is 558. The number of para-hydroxylation sites is 1. The Morgan fingerprint density at radius 1 is 1.10 bits per heavy atom. The average molecular weight is 271 g/mol. The summed E-state index contributed by atoms with van der Waals surface area (Å²) < 4.78 is 19.4. The predicted molar refractivity (Wildman–Crippen MR) is 78.2 cm³/mol. The van der Waals surface area contributed by atoms with E-state index in [4.69, 9.17) is 4.74 Å². The number of fused-ring (bicyclic) bond motifs is 1. The fourth-order valence-corrected chi connectivity index (χ4v) is 2.52. The number of halogens is 1. The van der Waals surface area contributed by atoms with Gasteiger partial charge in [-0.05, 0) is 30.5 Å². The van der Waals surface area contributed by atoms with E-state index in [1.165, 1.54) is 17.3 Å². The highest BCUT2D eigenvalue weighted by Gasteiger charge is 2.16. The highest BCUT2D eigenvalue weighted by Crippen LogP contribution is 2.22. The molecule has 0 amide bonds. The summed E-state index contributed by atoms with van der Waals surface area (Å²) >= 11 is 0. The highest BCUT2D eigenvalue weighted by atomic mass is 19.1. The van der Waals surface area contributed by atoms with Gasteiger partial charge in [0.1, 0.15) is 5.82 Å². The van der Waals surface area contributed by atoms with Crippen molar-refractivity contribution >= 4 is 5.69 Å². The number of ether oxygens (including phenoxy) is 1. The molecule has 1 aliphatic heterocycles. The third kappa shape index (κ3) is 2.99. The second kappa shape index (κ2) is 6.06. The standard InChI is InChI=1S/C17H18FNO/c18-16-7-3-1-6-14(16)12-20-15-10-9-13-5-2-4-8-17(13)19-11-15/h1-8,15,19H,9-12H2. The molecule has 0 saturated heterocycles. The Hall–Kier alpha value is -1.87. The van der Waals surface area contributed by atoms with Crippen LogP contribution in [0.2, 0.25) is 0 Å². The molecule has 2 aromatic carbocycles. The second-order valence-electron chi connectivity index (χ2n) is 5.10. The van der Waals surface area contributed by atoms with Crippen LogP contribution in [0.5, 0.6) is 0 Å². The predicted octanol–water partition coefficient (Wildman–Crippen LogP) is 3.77. The summed E-state index contributed by atoms with van der Waals surface area (Å²) in [6, 6.07) is 15.1. The Labute approximate surface area is 118 Å². The van der Waals surface area contributed by atoms with E-state index in [0.29, 0.717) is 12.2 Å². The molecule has 1 N–H and O–H groups in total. The van der Waals surface area contributed by atoms with Crippen LogP contribution < -0.4 is 5.32 Å². The molecule has 0 aliphatic carbocycles. The topological polar surface area (TPSA) is 21.3 Å². The molecule has 0 bridgehead atoms. The maximum atomic E-state index is 13.5. The van der Waals surface area contributed by atoms with Gasteiger partial charge in [0.25, 0.3) is 0 Å². The van der Waals surface area contributed by atoms with Gasteiger partial charge in [-0.3, -0.25) is 0 Å². The first kappa shape index (κ1) is 13.1. The summed E-state index contributed by atoms with van der Waals surface area (Å²) in [5.74, 6) is -0.197. The van der Waals surface area contributed by atoms with Gasteiger partial charge < -0.3 is 10.1 Å². The van der Waals surface area contributed by atoms with Crippen LogP contribution in [0.25, 0.3) is 0 Å². The van der Waals surface area contributed by atoms with Crippen molar-refractivity contribution in [2.24, 2.45) is 0 Å². The average Bonchev–Trinajstić information content (AvgIpc) is 2.69. The van der Waals surface area contributed by atoms with Crippen molar-refractivity contribution in [3.8, 4) is 0 Å². The Morgan fingerprint density at radius 3 is 2.80 bits per heavy atom. The normalized spacial score (nSPS) is 17.9. The minimum absolute atomic E-state index is 0.113. The van der Waals surface area contributed by atoms with Gasteiger partial charge in [0.15, 0.2) is 0 Å². The third-order valence-corrected chi connectivity index (χ3v) is 3.71. The summed E-state index contributed by atoms with van der Waals surface area (Å²) in [6.07, 6.45) is 2.06. The van der Waals surface area contributed by atoms with Gasteiger partial charge in [-0.15, -0.1) is 0 Å². The molecule has 104 valence electrons. The van der Waals surface area contributed by atoms with Crippen molar-refractivity contribution in [2.75, 3.05) is 11.9 Å². The van der Waals surface area contributed by atoms with Gasteiger partial charge in [-0.1, -0.05) is 36.4 Å². The fraction of sp³-hybridized carbons (Fsp3) is 0.294. The van der Waals surface area contributed by atoms with Crippen LogP contribution in [0.15, 0.2) is 48.5 Å². The lowest BCUT2D eigenvalue weighted by Crippen LogP contribution is -2.22. The van der Waals surface area contributed by atoms with Crippen LogP contribution in [0.3, 0.4) is 0 Å². The fourth-order valence-electron chi connectivity index (χ4n) is 2.52. The SMILES string of the molecule is Fc1ccccc1COC1CCc2ccccc2NC1. The molecular weight excluding hydrogens is 253 g/mol. The van der Waals surface area contributed by atoms with Crippen molar-refractivity contribution < 1.29 is 9.13 Å². The first-order valence-electron chi connectivity index (χ1n) is 7.00. The van der Waals surface area contributed by atoms with Crippen molar-refractivity contribution in [1.82, 2.24) is 0 Å². The van der Waals surface area contributed by atoms with E-state index in [0.717, 1.165) is 19.4 Å². The number of hydrogen-bond acceptors (Lipinski definition) is 2. The molecule has 0 radical (unpaired) electrons. The molecule has 0 saturated carbocycles. The van der Waals surface area contributed by atoms with Crippen LogP contribution in [0.1, 0.15) is 17.5 Å². The number of rotatable bonds is 3. The number of benzene rings is 2. The van der Waals surface area contributed by atoms with Gasteiger partial charge in [0.2, 0.25) is 0 Å². The lowest BCUT2D eigenvalue weighted by atomic mass is 10.1. The summed E-state index contributed by atoms with van der Waals surface area (Å²) in [7, 11) is 0. The molecule has 3 rings (SSSR count). The number of hydrogen-bond donors (Lipinski definition) is 1. The molecule has 2 nitrogen and oxygen atoms in total. The molecule has 1 aliphatic rings. The van der Waals surface area contributed by atoms with Crippen LogP contribution in [0, 0.1) is 5.82 Å². The first-order valence-corrected chi connectivity index (χ1v) is 7.00. The Morgan fingerprint density at radius 2 is 1.90 bits per heavy atom. The van der Waals surface area contributed by atoms with Crippen molar-refractivity contribution in [1.29, 1.82) is 0 Å². The maximum Gasteiger partial charge on any atom is 0.128 e. The molecular formula is C17H18FNO. The van der Waals surface area contributed by atoms with E-state index in [1.807, 2.05) is 12.1 Å². The minimum Gasteiger partial charge on any atom is -0.382 e. The van der Waals surface area contributed by atoms with E-state index in [-0.39, 0.29) is 11.9 Å². The third-order valence-electron chi connectivity index (χ3n) is 3.71. The van der Waals surface area contributed by atoms with E-state index in [1.54, 1.807) is 12.1 Å². The molecule has 2 aromatic rings. The maximum absolute atomic E-state index is 13.5. The lowest BCUT2D eigenvalue weighted by molar-refractivity contribution is 0.0433. The second-order valence-corrected chi connectivity index (χ2v) is 5.10. The van der Waals surface area contributed by atoms with Gasteiger partial charge >= 0.3 is 0 Å². The summed E-state index contributed by atoms with van der Waals surface area (Å²) in [6.45, 7) is 1.10. The first-order chi connectivity index (χ1) is 9.83. The van der Waals surface area contributed by atoms with Crippen molar-refractivity contribution in [3.63, 3.8) is 0 Å². The van der Waals surface area contributed by atoms with Gasteiger partial charge in [0, 0.05) is 17.8 Å². The summed E-state index contributed by atoms with van der Waals surface area (Å²) in [4.78, 5) is 0. The molecule has 0 aromatic heterocycles. The van der Waals surface area contributed by atoms with Gasteiger partial charge in [-0.25, -0.2) is 4.39 Å². The monoisotopic (exact) mass is 271 g/mol. The van der Waals surface area contributed by atoms with Crippen LogP contribution in [-0.4, -0.2) is 12.6 Å². The van der Waals surface area contributed by atoms with E-state index in [9.17, 15) is 4.39 Å². The van der Waals surface area contributed by atoms with Gasteiger partial charge in [0.05, 0.1) is 12.7 Å². The van der Waals surface area contributed by atoms with E-state index in [2.05, 4.69) is 23.5 Å². The quantitative estimate of drug-likeness (QED) is 0.917. The summed E-state index contributed by atoms with van der Waals surface area (Å²) in [5.41, 5.74) is 3.13. The molecule has 1 unspecified atom stereocenters. The van der Waals surface area contributed by atoms with E-state index < -0.39 is 0 Å². The van der Waals surface area contributed by atoms with E-state index >= 15 is 0 Å². The van der Waals surface area contributed by atoms with Crippen LogP contribution in [0.4, 0.5) is 10.1 Å². The molecule has 3 heteroatoms. The Balaban J connectivity index is 1.59. The number of aryl methyl sites for hydroxylation is 1. The van der Waals surface area contributed by atoms with Crippen molar-refractivity contribution in [2.45, 2.75) is 25.6 Å². The lowest BCUT2D eigenvalue weighted by Gasteiger charge is -2.16. The van der Waals surface area contributed by atoms with Crippen molar-refractivity contribution in [3.05, 3.63) is 65.5 Å². The molecule has 1 heterocycles. The zero-order valence-electron chi connectivity index (χ0n) is 11.3. The molecule has 0 fully saturated rings. The van der Waals surface area contributed by atoms with Crippen LogP contribution in [-0.2, 0) is 17.8 Å². The Kier molecular flexibility index (Phi) is 3.97. The zero-order valence-corrected chi connectivity index (χ0v) is 11.3. The smallest absolute Gasteiger partial charge is 0.128 e. The van der Waals surface area contributed by atoms with Crippen LogP contribution >= 0.6 is 0 Å².